The number of benzene rings is 2. The van der Waals surface area contributed by atoms with E-state index in [0.29, 0.717) is 11.0 Å². The van der Waals surface area contributed by atoms with Crippen molar-refractivity contribution in [2.75, 3.05) is 0 Å². The number of nitrogens with zero attached hydrogens (tertiary/aromatic N) is 3. The molecule has 0 radical (unpaired) electrons. The van der Waals surface area contributed by atoms with Crippen LogP contribution in [0.5, 0.6) is 0 Å². The summed E-state index contributed by atoms with van der Waals surface area (Å²) in [5.41, 5.74) is 2.59. The summed E-state index contributed by atoms with van der Waals surface area (Å²) in [7, 11) is 0. The number of aryl methyl sites for hydroxylation is 1. The minimum Gasteiger partial charge on any atom is -0.453 e. The van der Waals surface area contributed by atoms with Crippen LogP contribution in [0.25, 0.3) is 21.9 Å². The van der Waals surface area contributed by atoms with Gasteiger partial charge in [-0.05, 0) is 43.5 Å². The second kappa shape index (κ2) is 7.07. The van der Waals surface area contributed by atoms with Crippen molar-refractivity contribution in [1.82, 2.24) is 14.1 Å². The molecule has 1 unspecified atom stereocenters. The summed E-state index contributed by atoms with van der Waals surface area (Å²) in [5, 5.41) is 1.03. The summed E-state index contributed by atoms with van der Waals surface area (Å²) >= 11 is 0. The fourth-order valence-electron chi connectivity index (χ4n) is 3.53. The number of alkyl halides is 2. The Labute approximate surface area is 160 Å². The van der Waals surface area contributed by atoms with Crippen LogP contribution in [-0.2, 0) is 16.1 Å². The number of hydrogen-bond acceptors (Lipinski definition) is 3. The molecule has 4 aromatic rings. The first-order chi connectivity index (χ1) is 13.5. The van der Waals surface area contributed by atoms with Gasteiger partial charge < -0.3 is 9.30 Å². The summed E-state index contributed by atoms with van der Waals surface area (Å²) in [6.45, 7) is 0.684. The number of rotatable bonds is 5. The Bertz CT molecular complexity index is 1160. The number of aromatic nitrogens is 3. The maximum absolute atomic E-state index is 13.6. The number of para-hydroxylation sites is 3. The number of halogens is 2. The van der Waals surface area contributed by atoms with E-state index in [9.17, 15) is 13.6 Å². The van der Waals surface area contributed by atoms with Gasteiger partial charge in [0.05, 0.1) is 11.0 Å². The summed E-state index contributed by atoms with van der Waals surface area (Å²) in [5.74, 6) is -0.483. The van der Waals surface area contributed by atoms with Crippen LogP contribution < -0.4 is 0 Å². The summed E-state index contributed by atoms with van der Waals surface area (Å²) < 4.78 is 35.3. The molecule has 0 aliphatic rings. The van der Waals surface area contributed by atoms with Crippen LogP contribution in [-0.4, -0.2) is 20.1 Å². The molecule has 0 N–H and O–H groups in total. The van der Waals surface area contributed by atoms with Gasteiger partial charge in [-0.3, -0.25) is 9.36 Å². The average Bonchev–Trinajstić information content (AvgIpc) is 3.20. The third kappa shape index (κ3) is 3.13. The standard InChI is InChI=1S/C21H19F2N3O2/c1-13-11-15-7-3-5-9-17(15)25(13)12-19(27)28-14(2)20-24-16-8-4-6-10-18(16)26(20)21(22)23/h3-11,14,21H,12H2,1-2H3. The van der Waals surface area contributed by atoms with Crippen molar-refractivity contribution in [1.29, 1.82) is 0 Å². The topological polar surface area (TPSA) is 49.1 Å². The van der Waals surface area contributed by atoms with E-state index in [2.05, 4.69) is 4.98 Å². The Kier molecular flexibility index (Phi) is 4.58. The van der Waals surface area contributed by atoms with E-state index >= 15 is 0 Å². The molecule has 28 heavy (non-hydrogen) atoms. The first-order valence-electron chi connectivity index (χ1n) is 8.95. The molecule has 144 valence electrons. The van der Waals surface area contributed by atoms with Gasteiger partial charge in [0.15, 0.2) is 11.9 Å². The number of carbonyl (C=O) groups is 1. The molecule has 0 bridgehead atoms. The molecule has 2 aromatic heterocycles. The van der Waals surface area contributed by atoms with Gasteiger partial charge in [0, 0.05) is 11.2 Å². The first-order valence-corrected chi connectivity index (χ1v) is 8.95. The third-order valence-corrected chi connectivity index (χ3v) is 4.80. The Morgan fingerprint density at radius 2 is 1.79 bits per heavy atom. The molecule has 0 aliphatic heterocycles. The van der Waals surface area contributed by atoms with Crippen LogP contribution in [0, 0.1) is 6.92 Å². The summed E-state index contributed by atoms with van der Waals surface area (Å²) in [4.78, 5) is 16.8. The van der Waals surface area contributed by atoms with Crippen LogP contribution in [0.1, 0.15) is 31.1 Å². The zero-order valence-corrected chi connectivity index (χ0v) is 15.5. The lowest BCUT2D eigenvalue weighted by atomic mass is 10.2. The second-order valence-electron chi connectivity index (χ2n) is 6.67. The van der Waals surface area contributed by atoms with Crippen molar-refractivity contribution < 1.29 is 18.3 Å². The van der Waals surface area contributed by atoms with Crippen molar-refractivity contribution in [3.8, 4) is 0 Å². The van der Waals surface area contributed by atoms with Crippen LogP contribution in [0.2, 0.25) is 0 Å². The molecule has 4 rings (SSSR count). The summed E-state index contributed by atoms with van der Waals surface area (Å²) in [6, 6.07) is 16.3. The lowest BCUT2D eigenvalue weighted by Gasteiger charge is -2.16. The van der Waals surface area contributed by atoms with Crippen LogP contribution in [0.3, 0.4) is 0 Å². The monoisotopic (exact) mass is 383 g/mol. The molecule has 7 heteroatoms. The quantitative estimate of drug-likeness (QED) is 0.456. The minimum absolute atomic E-state index is 0.00140. The van der Waals surface area contributed by atoms with Crippen LogP contribution in [0.15, 0.2) is 54.6 Å². The number of esters is 1. The van der Waals surface area contributed by atoms with Gasteiger partial charge in [-0.15, -0.1) is 0 Å². The molecule has 5 nitrogen and oxygen atoms in total. The molecule has 0 aliphatic carbocycles. The van der Waals surface area contributed by atoms with E-state index in [0.717, 1.165) is 21.2 Å². The Hall–Kier alpha value is -3.22. The number of ether oxygens (including phenoxy) is 1. The lowest BCUT2D eigenvalue weighted by molar-refractivity contribution is -0.150. The van der Waals surface area contributed by atoms with E-state index in [1.807, 2.05) is 41.8 Å². The predicted octanol–water partition coefficient (Wildman–Crippen LogP) is 5.00. The highest BCUT2D eigenvalue weighted by molar-refractivity contribution is 5.83. The van der Waals surface area contributed by atoms with Gasteiger partial charge in [0.25, 0.3) is 0 Å². The van der Waals surface area contributed by atoms with Gasteiger partial charge >= 0.3 is 12.5 Å². The zero-order valence-electron chi connectivity index (χ0n) is 15.5. The largest absolute Gasteiger partial charge is 0.453 e. The number of fused-ring (bicyclic) bond motifs is 2. The van der Waals surface area contributed by atoms with Crippen molar-refractivity contribution in [3.05, 3.63) is 66.1 Å². The van der Waals surface area contributed by atoms with Crippen molar-refractivity contribution in [2.45, 2.75) is 33.0 Å². The van der Waals surface area contributed by atoms with E-state index in [-0.39, 0.29) is 12.4 Å². The molecule has 0 fully saturated rings. The molecular weight excluding hydrogens is 364 g/mol. The van der Waals surface area contributed by atoms with Gasteiger partial charge in [-0.25, -0.2) is 4.98 Å². The van der Waals surface area contributed by atoms with E-state index < -0.39 is 18.6 Å². The second-order valence-corrected chi connectivity index (χ2v) is 6.67. The van der Waals surface area contributed by atoms with E-state index in [1.165, 1.54) is 0 Å². The minimum atomic E-state index is -2.78. The van der Waals surface area contributed by atoms with Gasteiger partial charge in [-0.1, -0.05) is 30.3 Å². The Balaban J connectivity index is 1.59. The Morgan fingerprint density at radius 3 is 2.54 bits per heavy atom. The first kappa shape index (κ1) is 18.2. The molecule has 2 heterocycles. The van der Waals surface area contributed by atoms with Crippen molar-refractivity contribution in [2.24, 2.45) is 0 Å². The predicted molar refractivity (Wildman–Crippen MR) is 102 cm³/mol. The van der Waals surface area contributed by atoms with E-state index in [4.69, 9.17) is 4.74 Å². The highest BCUT2D eigenvalue weighted by Crippen LogP contribution is 2.28. The number of carbonyl (C=O) groups excluding carboxylic acids is 1. The average molecular weight is 383 g/mol. The molecule has 2 aromatic carbocycles. The fourth-order valence-corrected chi connectivity index (χ4v) is 3.53. The van der Waals surface area contributed by atoms with Crippen molar-refractivity contribution in [3.63, 3.8) is 0 Å². The normalized spacial score (nSPS) is 12.8. The number of imidazole rings is 1. The molecule has 1 atom stereocenters. The molecular formula is C21H19F2N3O2. The summed E-state index contributed by atoms with van der Waals surface area (Å²) in [6.07, 6.45) is -0.906. The number of hydrogen-bond donors (Lipinski definition) is 0. The highest BCUT2D eigenvalue weighted by Gasteiger charge is 2.24. The van der Waals surface area contributed by atoms with Crippen LogP contribution >= 0.6 is 0 Å². The zero-order chi connectivity index (χ0) is 19.8. The van der Waals surface area contributed by atoms with Crippen molar-refractivity contribution >= 4 is 27.9 Å². The van der Waals surface area contributed by atoms with Gasteiger partial charge in [0.1, 0.15) is 6.54 Å². The highest BCUT2D eigenvalue weighted by atomic mass is 19.3. The molecule has 0 spiro atoms. The maximum atomic E-state index is 13.6. The van der Waals surface area contributed by atoms with Crippen LogP contribution in [0.4, 0.5) is 8.78 Å². The SMILES string of the molecule is Cc1cc2ccccc2n1CC(=O)OC(C)c1nc2ccccc2n1C(F)F. The van der Waals surface area contributed by atoms with Gasteiger partial charge in [-0.2, -0.15) is 8.78 Å². The van der Waals surface area contributed by atoms with E-state index in [1.54, 1.807) is 31.2 Å². The third-order valence-electron chi connectivity index (χ3n) is 4.80. The fraction of sp³-hybridized carbons (Fsp3) is 0.238. The maximum Gasteiger partial charge on any atom is 0.326 e. The molecule has 0 amide bonds. The molecule has 0 saturated heterocycles. The smallest absolute Gasteiger partial charge is 0.326 e. The van der Waals surface area contributed by atoms with Gasteiger partial charge in [0.2, 0.25) is 0 Å². The molecule has 0 saturated carbocycles. The Morgan fingerprint density at radius 1 is 1.11 bits per heavy atom. The lowest BCUT2D eigenvalue weighted by Crippen LogP contribution is -2.18.